The van der Waals surface area contributed by atoms with Gasteiger partial charge in [-0.3, -0.25) is 4.90 Å². The lowest BCUT2D eigenvalue weighted by molar-refractivity contribution is -0.117. The molecule has 0 bridgehead atoms. The average molecular weight is 261 g/mol. The molecule has 0 saturated carbocycles. The summed E-state index contributed by atoms with van der Waals surface area (Å²) in [7, 11) is 0. The maximum absolute atomic E-state index is 11.4. The molecule has 1 aliphatic rings. The van der Waals surface area contributed by atoms with E-state index in [1.807, 2.05) is 18.2 Å². The molecule has 0 N–H and O–H groups in total. The summed E-state index contributed by atoms with van der Waals surface area (Å²) in [4.78, 5) is 13.8. The van der Waals surface area contributed by atoms with Gasteiger partial charge in [0.1, 0.15) is 18.6 Å². The topological polar surface area (TPSA) is 29.5 Å². The molecular formula is C16H23NO2. The van der Waals surface area contributed by atoms with Crippen molar-refractivity contribution in [3.8, 4) is 5.75 Å². The molecule has 1 aromatic rings. The summed E-state index contributed by atoms with van der Waals surface area (Å²) < 4.78 is 5.76. The van der Waals surface area contributed by atoms with Crippen LogP contribution in [-0.2, 0) is 11.3 Å². The van der Waals surface area contributed by atoms with Gasteiger partial charge in [0.05, 0.1) is 0 Å². The summed E-state index contributed by atoms with van der Waals surface area (Å²) in [6, 6.07) is 8.17. The van der Waals surface area contributed by atoms with Gasteiger partial charge in [0, 0.05) is 30.6 Å². The number of benzene rings is 1. The third-order valence-electron chi connectivity index (χ3n) is 4.23. The quantitative estimate of drug-likeness (QED) is 0.763. The molecule has 0 radical (unpaired) electrons. The van der Waals surface area contributed by atoms with E-state index < -0.39 is 0 Å². The summed E-state index contributed by atoms with van der Waals surface area (Å²) in [6.07, 6.45) is 2.93. The molecule has 104 valence electrons. The number of rotatable bonds is 5. The van der Waals surface area contributed by atoms with Gasteiger partial charge in [-0.2, -0.15) is 0 Å². The van der Waals surface area contributed by atoms with Crippen LogP contribution in [0.2, 0.25) is 0 Å². The maximum atomic E-state index is 11.4. The van der Waals surface area contributed by atoms with Crippen LogP contribution in [0.4, 0.5) is 0 Å². The molecule has 1 heterocycles. The standard InChI is InChI=1S/C16H23NO2/c1-3-16(4-2,13-18)12-17-9-10-19-15-8-6-5-7-14(15)11-17/h5-8,13H,3-4,9-12H2,1-2H3. The Hall–Kier alpha value is -1.35. The van der Waals surface area contributed by atoms with Crippen molar-refractivity contribution in [3.63, 3.8) is 0 Å². The fourth-order valence-electron chi connectivity index (χ4n) is 2.64. The third-order valence-corrected chi connectivity index (χ3v) is 4.23. The molecule has 0 aromatic heterocycles. The minimum Gasteiger partial charge on any atom is -0.492 e. The van der Waals surface area contributed by atoms with Gasteiger partial charge in [-0.15, -0.1) is 0 Å². The molecule has 0 spiro atoms. The van der Waals surface area contributed by atoms with Gasteiger partial charge in [-0.05, 0) is 18.9 Å². The Balaban J connectivity index is 2.12. The minimum absolute atomic E-state index is 0.209. The zero-order valence-electron chi connectivity index (χ0n) is 11.9. The van der Waals surface area contributed by atoms with Crippen molar-refractivity contribution >= 4 is 6.29 Å². The number of carbonyl (C=O) groups is 1. The Bertz CT molecular complexity index is 427. The van der Waals surface area contributed by atoms with Crippen LogP contribution >= 0.6 is 0 Å². The van der Waals surface area contributed by atoms with E-state index in [4.69, 9.17) is 4.74 Å². The molecule has 19 heavy (non-hydrogen) atoms. The second kappa shape index (κ2) is 6.20. The molecule has 2 rings (SSSR count). The van der Waals surface area contributed by atoms with Gasteiger partial charge >= 0.3 is 0 Å². The Morgan fingerprint density at radius 3 is 2.74 bits per heavy atom. The predicted molar refractivity (Wildman–Crippen MR) is 76.3 cm³/mol. The maximum Gasteiger partial charge on any atom is 0.127 e. The van der Waals surface area contributed by atoms with Crippen LogP contribution in [0, 0.1) is 5.41 Å². The van der Waals surface area contributed by atoms with E-state index in [-0.39, 0.29) is 5.41 Å². The number of carbonyl (C=O) groups excluding carboxylic acids is 1. The van der Waals surface area contributed by atoms with E-state index >= 15 is 0 Å². The van der Waals surface area contributed by atoms with Crippen molar-refractivity contribution in [2.45, 2.75) is 33.2 Å². The van der Waals surface area contributed by atoms with Gasteiger partial charge in [0.25, 0.3) is 0 Å². The smallest absolute Gasteiger partial charge is 0.127 e. The lowest BCUT2D eigenvalue weighted by Crippen LogP contribution is -2.39. The molecule has 0 unspecified atom stereocenters. The number of para-hydroxylation sites is 1. The van der Waals surface area contributed by atoms with Crippen LogP contribution in [0.25, 0.3) is 0 Å². The Labute approximate surface area is 115 Å². The lowest BCUT2D eigenvalue weighted by Gasteiger charge is -2.31. The first-order valence-electron chi connectivity index (χ1n) is 7.12. The van der Waals surface area contributed by atoms with Gasteiger partial charge in [-0.25, -0.2) is 0 Å². The van der Waals surface area contributed by atoms with Crippen molar-refractivity contribution in [3.05, 3.63) is 29.8 Å². The SMILES string of the molecule is CCC(C=O)(CC)CN1CCOc2ccccc2C1. The number of aldehydes is 1. The molecule has 0 amide bonds. The molecule has 0 atom stereocenters. The minimum atomic E-state index is -0.209. The number of fused-ring (bicyclic) bond motifs is 1. The monoisotopic (exact) mass is 261 g/mol. The van der Waals surface area contributed by atoms with Crippen LogP contribution in [-0.4, -0.2) is 30.9 Å². The van der Waals surface area contributed by atoms with Gasteiger partial charge in [0.2, 0.25) is 0 Å². The summed E-state index contributed by atoms with van der Waals surface area (Å²) >= 11 is 0. The molecule has 0 fully saturated rings. The molecule has 0 aliphatic carbocycles. The fraction of sp³-hybridized carbons (Fsp3) is 0.562. The summed E-state index contributed by atoms with van der Waals surface area (Å²) in [6.45, 7) is 7.46. The zero-order valence-corrected chi connectivity index (χ0v) is 11.9. The molecule has 3 nitrogen and oxygen atoms in total. The van der Waals surface area contributed by atoms with Gasteiger partial charge in [-0.1, -0.05) is 32.0 Å². The second-order valence-electron chi connectivity index (χ2n) is 5.35. The van der Waals surface area contributed by atoms with Crippen LogP contribution in [0.3, 0.4) is 0 Å². The Kier molecular flexibility index (Phi) is 4.59. The van der Waals surface area contributed by atoms with Crippen LogP contribution in [0.1, 0.15) is 32.3 Å². The number of nitrogens with zero attached hydrogens (tertiary/aromatic N) is 1. The lowest BCUT2D eigenvalue weighted by atomic mass is 9.83. The van der Waals surface area contributed by atoms with Crippen molar-refractivity contribution in [1.29, 1.82) is 0 Å². The van der Waals surface area contributed by atoms with Crippen LogP contribution < -0.4 is 4.74 Å². The van der Waals surface area contributed by atoms with E-state index in [0.29, 0.717) is 6.61 Å². The van der Waals surface area contributed by atoms with Crippen LogP contribution in [0.15, 0.2) is 24.3 Å². The van der Waals surface area contributed by atoms with Crippen molar-refractivity contribution < 1.29 is 9.53 Å². The van der Waals surface area contributed by atoms with Crippen molar-refractivity contribution in [2.24, 2.45) is 5.41 Å². The number of hydrogen-bond acceptors (Lipinski definition) is 3. The Morgan fingerprint density at radius 2 is 2.05 bits per heavy atom. The first kappa shape index (κ1) is 14.1. The first-order valence-corrected chi connectivity index (χ1v) is 7.12. The van der Waals surface area contributed by atoms with Crippen LogP contribution in [0.5, 0.6) is 5.75 Å². The largest absolute Gasteiger partial charge is 0.492 e. The number of hydrogen-bond donors (Lipinski definition) is 0. The van der Waals surface area contributed by atoms with E-state index in [0.717, 1.165) is 44.5 Å². The highest BCUT2D eigenvalue weighted by Gasteiger charge is 2.29. The summed E-state index contributed by atoms with van der Waals surface area (Å²) in [5.74, 6) is 0.981. The highest BCUT2D eigenvalue weighted by atomic mass is 16.5. The molecule has 1 aliphatic heterocycles. The second-order valence-corrected chi connectivity index (χ2v) is 5.35. The van der Waals surface area contributed by atoms with E-state index in [1.54, 1.807) is 0 Å². The molecule has 1 aromatic carbocycles. The predicted octanol–water partition coefficient (Wildman–Crippen LogP) is 2.89. The fourth-order valence-corrected chi connectivity index (χ4v) is 2.64. The van der Waals surface area contributed by atoms with Gasteiger partial charge < -0.3 is 9.53 Å². The highest BCUT2D eigenvalue weighted by Crippen LogP contribution is 2.28. The van der Waals surface area contributed by atoms with E-state index in [1.165, 1.54) is 5.56 Å². The van der Waals surface area contributed by atoms with Crippen molar-refractivity contribution in [1.82, 2.24) is 4.90 Å². The number of ether oxygens (including phenoxy) is 1. The summed E-state index contributed by atoms with van der Waals surface area (Å²) in [5, 5.41) is 0. The van der Waals surface area contributed by atoms with Gasteiger partial charge in [0.15, 0.2) is 0 Å². The Morgan fingerprint density at radius 1 is 1.32 bits per heavy atom. The average Bonchev–Trinajstić information content (AvgIpc) is 2.66. The van der Waals surface area contributed by atoms with E-state index in [9.17, 15) is 4.79 Å². The molecular weight excluding hydrogens is 238 g/mol. The molecule has 3 heteroatoms. The highest BCUT2D eigenvalue weighted by molar-refractivity contribution is 5.59. The normalized spacial score (nSPS) is 16.3. The third kappa shape index (κ3) is 3.16. The molecule has 0 saturated heterocycles. The zero-order chi connectivity index (χ0) is 13.7. The first-order chi connectivity index (χ1) is 9.23. The summed E-state index contributed by atoms with van der Waals surface area (Å²) in [5.41, 5.74) is 1.01. The van der Waals surface area contributed by atoms with E-state index in [2.05, 4.69) is 24.8 Å². The van der Waals surface area contributed by atoms with Crippen molar-refractivity contribution in [2.75, 3.05) is 19.7 Å².